The summed E-state index contributed by atoms with van der Waals surface area (Å²) in [5.41, 5.74) is 4.45. The monoisotopic (exact) mass is 364 g/mol. The summed E-state index contributed by atoms with van der Waals surface area (Å²) in [6.45, 7) is 8.76. The zero-order valence-electron chi connectivity index (χ0n) is 16.7. The lowest BCUT2D eigenvalue weighted by molar-refractivity contribution is -0.0896. The number of aliphatic hydroxyl groups excluding tert-OH is 1. The molecule has 1 saturated heterocycles. The van der Waals surface area contributed by atoms with Crippen LogP contribution in [0.5, 0.6) is 0 Å². The van der Waals surface area contributed by atoms with E-state index >= 15 is 0 Å². The van der Waals surface area contributed by atoms with Gasteiger partial charge in [-0.3, -0.25) is 4.90 Å². The van der Waals surface area contributed by atoms with Crippen LogP contribution in [0.4, 0.5) is 0 Å². The second kappa shape index (κ2) is 6.22. The van der Waals surface area contributed by atoms with Crippen molar-refractivity contribution in [3.8, 4) is 0 Å². The van der Waals surface area contributed by atoms with Crippen LogP contribution in [0.15, 0.2) is 36.9 Å². The van der Waals surface area contributed by atoms with Crippen LogP contribution in [-0.4, -0.2) is 33.8 Å². The van der Waals surface area contributed by atoms with E-state index in [0.29, 0.717) is 11.8 Å². The van der Waals surface area contributed by atoms with E-state index in [1.165, 1.54) is 29.6 Å². The van der Waals surface area contributed by atoms with E-state index < -0.39 is 0 Å². The lowest BCUT2D eigenvalue weighted by Crippen LogP contribution is -2.60. The largest absolute Gasteiger partial charge is 0.393 e. The van der Waals surface area contributed by atoms with Gasteiger partial charge in [0.2, 0.25) is 0 Å². The highest BCUT2D eigenvalue weighted by Gasteiger charge is 2.53. The van der Waals surface area contributed by atoms with Gasteiger partial charge in [-0.2, -0.15) is 0 Å². The number of aromatic nitrogens is 1. The summed E-state index contributed by atoms with van der Waals surface area (Å²) in [5.74, 6) is 1.74. The molecule has 3 heterocycles. The van der Waals surface area contributed by atoms with Gasteiger partial charge in [0, 0.05) is 36.7 Å². The summed E-state index contributed by atoms with van der Waals surface area (Å²) in [6.07, 6.45) is 7.45. The van der Waals surface area contributed by atoms with Crippen molar-refractivity contribution in [1.29, 1.82) is 0 Å². The standard InChI is InChI=1S/C24H32N2O/c1-4-12-24-14-20-16(2)22(27)10-9-17(20)15-26(24)13-11-19-18-7-5-6-8-21(18)25(3)23(19)24/h4-8,16-17,20,22,27H,1,9-15H2,2-3H3/t16-,17?,20?,22?,24+/m1/s1. The number of aryl methyl sites for hydroxylation is 1. The molecule has 5 atom stereocenters. The Morgan fingerprint density at radius 2 is 2.11 bits per heavy atom. The van der Waals surface area contributed by atoms with Gasteiger partial charge in [0.25, 0.3) is 0 Å². The Balaban J connectivity index is 1.69. The van der Waals surface area contributed by atoms with E-state index in [2.05, 4.69) is 60.4 Å². The van der Waals surface area contributed by atoms with Crippen molar-refractivity contribution < 1.29 is 5.11 Å². The molecule has 0 bridgehead atoms. The molecule has 2 aromatic rings. The minimum Gasteiger partial charge on any atom is -0.393 e. The molecule has 144 valence electrons. The molecule has 3 heteroatoms. The van der Waals surface area contributed by atoms with Crippen molar-refractivity contribution in [2.75, 3.05) is 13.1 Å². The van der Waals surface area contributed by atoms with Crippen molar-refractivity contribution in [3.63, 3.8) is 0 Å². The summed E-state index contributed by atoms with van der Waals surface area (Å²) in [7, 11) is 2.25. The van der Waals surface area contributed by atoms with Crippen molar-refractivity contribution in [2.24, 2.45) is 24.8 Å². The number of benzene rings is 1. The molecule has 3 unspecified atom stereocenters. The summed E-state index contributed by atoms with van der Waals surface area (Å²) in [4.78, 5) is 2.78. The molecule has 1 N–H and O–H groups in total. The number of hydrogen-bond donors (Lipinski definition) is 1. The second-order valence-electron chi connectivity index (χ2n) is 9.26. The number of hydrogen-bond acceptors (Lipinski definition) is 2. The van der Waals surface area contributed by atoms with E-state index in [9.17, 15) is 5.11 Å². The van der Waals surface area contributed by atoms with Crippen LogP contribution in [0.25, 0.3) is 10.9 Å². The molecule has 0 spiro atoms. The Morgan fingerprint density at radius 1 is 1.30 bits per heavy atom. The van der Waals surface area contributed by atoms with Gasteiger partial charge in [-0.1, -0.05) is 31.2 Å². The third-order valence-electron chi connectivity index (χ3n) is 8.12. The summed E-state index contributed by atoms with van der Waals surface area (Å²) in [6, 6.07) is 8.89. The molecule has 3 nitrogen and oxygen atoms in total. The number of piperidine rings is 1. The number of rotatable bonds is 2. The predicted molar refractivity (Wildman–Crippen MR) is 111 cm³/mol. The maximum Gasteiger partial charge on any atom is 0.0654 e. The second-order valence-corrected chi connectivity index (χ2v) is 9.26. The first-order chi connectivity index (χ1) is 13.1. The quantitative estimate of drug-likeness (QED) is 0.808. The van der Waals surface area contributed by atoms with Crippen LogP contribution in [0.3, 0.4) is 0 Å². The van der Waals surface area contributed by atoms with Crippen molar-refractivity contribution in [1.82, 2.24) is 9.47 Å². The molecule has 1 aromatic carbocycles. The van der Waals surface area contributed by atoms with Gasteiger partial charge in [0.15, 0.2) is 0 Å². The minimum absolute atomic E-state index is 0.0373. The van der Waals surface area contributed by atoms with Crippen LogP contribution < -0.4 is 0 Å². The Bertz CT molecular complexity index is 884. The van der Waals surface area contributed by atoms with E-state index in [-0.39, 0.29) is 11.6 Å². The van der Waals surface area contributed by atoms with Gasteiger partial charge in [-0.05, 0) is 61.5 Å². The van der Waals surface area contributed by atoms with Crippen LogP contribution in [-0.2, 0) is 19.0 Å². The average Bonchev–Trinajstić information content (AvgIpc) is 2.98. The predicted octanol–water partition coefficient (Wildman–Crippen LogP) is 4.23. The molecule has 0 radical (unpaired) electrons. The molecule has 1 saturated carbocycles. The highest BCUT2D eigenvalue weighted by Crippen LogP contribution is 2.54. The summed E-state index contributed by atoms with van der Waals surface area (Å²) < 4.78 is 2.46. The topological polar surface area (TPSA) is 28.4 Å². The first-order valence-corrected chi connectivity index (χ1v) is 10.7. The number of fused-ring (bicyclic) bond motifs is 6. The molecule has 1 aromatic heterocycles. The fourth-order valence-corrected chi connectivity index (χ4v) is 6.80. The normalized spacial score (nSPS) is 36.1. The first-order valence-electron chi connectivity index (χ1n) is 10.7. The van der Waals surface area contributed by atoms with Gasteiger partial charge in [-0.25, -0.2) is 0 Å². The van der Waals surface area contributed by atoms with E-state index in [1.807, 2.05) is 0 Å². The van der Waals surface area contributed by atoms with E-state index in [4.69, 9.17) is 0 Å². The third-order valence-corrected chi connectivity index (χ3v) is 8.12. The fraction of sp³-hybridized carbons (Fsp3) is 0.583. The van der Waals surface area contributed by atoms with Crippen molar-refractivity contribution in [2.45, 2.75) is 50.7 Å². The van der Waals surface area contributed by atoms with Gasteiger partial charge >= 0.3 is 0 Å². The lowest BCUT2D eigenvalue weighted by Gasteiger charge is -2.58. The van der Waals surface area contributed by atoms with Crippen LogP contribution >= 0.6 is 0 Å². The highest BCUT2D eigenvalue weighted by atomic mass is 16.3. The first kappa shape index (κ1) is 17.5. The average molecular weight is 365 g/mol. The Hall–Kier alpha value is -1.58. The zero-order chi connectivity index (χ0) is 18.8. The molecule has 3 aliphatic rings. The minimum atomic E-state index is -0.130. The van der Waals surface area contributed by atoms with Crippen molar-refractivity contribution >= 4 is 10.9 Å². The fourth-order valence-electron chi connectivity index (χ4n) is 6.80. The molecular formula is C24H32N2O. The highest BCUT2D eigenvalue weighted by molar-refractivity contribution is 5.86. The molecule has 0 amide bonds. The van der Waals surface area contributed by atoms with Gasteiger partial charge in [0.1, 0.15) is 0 Å². The molecule has 5 rings (SSSR count). The van der Waals surface area contributed by atoms with Crippen LogP contribution in [0.1, 0.15) is 43.9 Å². The SMILES string of the molecule is C=CC[C@@]12CC3C(CCC(O)[C@@H]3C)CN1CCc1c2n(C)c2ccccc12. The lowest BCUT2D eigenvalue weighted by atomic mass is 9.61. The molecular weight excluding hydrogens is 332 g/mol. The Labute approximate surface area is 162 Å². The van der Waals surface area contributed by atoms with Gasteiger partial charge < -0.3 is 9.67 Å². The zero-order valence-corrected chi connectivity index (χ0v) is 16.7. The molecule has 27 heavy (non-hydrogen) atoms. The molecule has 1 aliphatic carbocycles. The van der Waals surface area contributed by atoms with Gasteiger partial charge in [-0.15, -0.1) is 6.58 Å². The van der Waals surface area contributed by atoms with E-state index in [0.717, 1.165) is 38.1 Å². The maximum atomic E-state index is 10.6. The van der Waals surface area contributed by atoms with Gasteiger partial charge in [0.05, 0.1) is 11.6 Å². The number of para-hydroxylation sites is 1. The third kappa shape index (κ3) is 2.34. The summed E-state index contributed by atoms with van der Waals surface area (Å²) >= 11 is 0. The summed E-state index contributed by atoms with van der Waals surface area (Å²) in [5, 5.41) is 12.0. The Kier molecular flexibility index (Phi) is 4.03. The number of aliphatic hydroxyl groups is 1. The van der Waals surface area contributed by atoms with Crippen LogP contribution in [0, 0.1) is 17.8 Å². The van der Waals surface area contributed by atoms with Crippen molar-refractivity contribution in [3.05, 3.63) is 48.2 Å². The van der Waals surface area contributed by atoms with E-state index in [1.54, 1.807) is 5.56 Å². The molecule has 2 fully saturated rings. The molecule has 2 aliphatic heterocycles. The Morgan fingerprint density at radius 3 is 2.93 bits per heavy atom. The number of nitrogens with zero attached hydrogens (tertiary/aromatic N) is 2. The smallest absolute Gasteiger partial charge is 0.0654 e. The van der Waals surface area contributed by atoms with Crippen LogP contribution in [0.2, 0.25) is 0 Å². The maximum absolute atomic E-state index is 10.6.